The smallest absolute Gasteiger partial charge is 0.261 e. The summed E-state index contributed by atoms with van der Waals surface area (Å²) < 4.78 is 0. The molecule has 2 amide bonds. The Kier molecular flexibility index (Phi) is 8.15. The lowest BCUT2D eigenvalue weighted by molar-refractivity contribution is -0.121. The third kappa shape index (κ3) is 6.95. The first kappa shape index (κ1) is 18.8. The maximum Gasteiger partial charge on any atom is 0.261 e. The molecule has 0 fully saturated rings. The highest BCUT2D eigenvalue weighted by atomic mass is 35.5. The van der Waals surface area contributed by atoms with Crippen molar-refractivity contribution in [3.63, 3.8) is 0 Å². The summed E-state index contributed by atoms with van der Waals surface area (Å²) in [6, 6.07) is 11.3. The van der Waals surface area contributed by atoms with Gasteiger partial charge in [-0.2, -0.15) is 0 Å². The number of hydrogen-bond acceptors (Lipinski definition) is 4. The Hall–Kier alpha value is -1.50. The molecule has 0 aliphatic rings. The monoisotopic (exact) mass is 382 g/mol. The van der Waals surface area contributed by atoms with Gasteiger partial charge in [-0.25, -0.2) is 0 Å². The Morgan fingerprint density at radius 2 is 1.88 bits per heavy atom. The van der Waals surface area contributed by atoms with Gasteiger partial charge in [0.2, 0.25) is 5.91 Å². The second-order valence-electron chi connectivity index (χ2n) is 4.99. The van der Waals surface area contributed by atoms with E-state index in [2.05, 4.69) is 10.6 Å². The number of carbonyl (C=O) groups excluding carboxylic acids is 2. The minimum absolute atomic E-state index is 0.0112. The number of hydrogen-bond donors (Lipinski definition) is 2. The first-order valence-electron chi connectivity index (χ1n) is 7.62. The molecular formula is C17H19ClN2O2S2. The van der Waals surface area contributed by atoms with Gasteiger partial charge in [-0.15, -0.1) is 23.1 Å². The molecule has 1 aromatic carbocycles. The van der Waals surface area contributed by atoms with Crippen molar-refractivity contribution in [3.8, 4) is 0 Å². The van der Waals surface area contributed by atoms with E-state index in [4.69, 9.17) is 11.6 Å². The van der Waals surface area contributed by atoms with Crippen molar-refractivity contribution < 1.29 is 9.59 Å². The number of halogens is 1. The van der Waals surface area contributed by atoms with E-state index in [-0.39, 0.29) is 11.8 Å². The zero-order chi connectivity index (χ0) is 17.2. The van der Waals surface area contributed by atoms with E-state index in [0.29, 0.717) is 30.8 Å². The van der Waals surface area contributed by atoms with Crippen molar-refractivity contribution in [1.82, 2.24) is 10.6 Å². The molecule has 0 aliphatic heterocycles. The van der Waals surface area contributed by atoms with Gasteiger partial charge in [0.15, 0.2) is 0 Å². The SMILES string of the molecule is O=C(CCCNC(=O)c1cccs1)NCCSc1ccc(Cl)cc1. The fourth-order valence-corrected chi connectivity index (χ4v) is 3.46. The van der Waals surface area contributed by atoms with Crippen molar-refractivity contribution in [1.29, 1.82) is 0 Å². The Morgan fingerprint density at radius 1 is 1.08 bits per heavy atom. The lowest BCUT2D eigenvalue weighted by atomic mass is 10.3. The van der Waals surface area contributed by atoms with Gasteiger partial charge < -0.3 is 10.6 Å². The number of nitrogens with one attached hydrogen (secondary N) is 2. The molecule has 0 bridgehead atoms. The maximum atomic E-state index is 11.7. The molecule has 0 unspecified atom stereocenters. The summed E-state index contributed by atoms with van der Waals surface area (Å²) in [6.45, 7) is 1.12. The molecule has 7 heteroatoms. The van der Waals surface area contributed by atoms with Gasteiger partial charge in [-0.1, -0.05) is 17.7 Å². The average molecular weight is 383 g/mol. The molecule has 2 aromatic rings. The Balaban J connectivity index is 1.50. The first-order chi connectivity index (χ1) is 11.6. The molecule has 0 spiro atoms. The summed E-state index contributed by atoms with van der Waals surface area (Å²) in [5.74, 6) is 0.740. The highest BCUT2D eigenvalue weighted by Crippen LogP contribution is 2.19. The molecule has 128 valence electrons. The summed E-state index contributed by atoms with van der Waals surface area (Å²) in [6.07, 6.45) is 1.05. The minimum Gasteiger partial charge on any atom is -0.355 e. The number of rotatable bonds is 9. The van der Waals surface area contributed by atoms with E-state index in [0.717, 1.165) is 15.7 Å². The summed E-state index contributed by atoms with van der Waals surface area (Å²) in [5.41, 5.74) is 0. The number of thioether (sulfide) groups is 1. The van der Waals surface area contributed by atoms with Crippen LogP contribution >= 0.6 is 34.7 Å². The van der Waals surface area contributed by atoms with Gasteiger partial charge in [0.1, 0.15) is 0 Å². The number of amides is 2. The second-order valence-corrected chi connectivity index (χ2v) is 7.54. The van der Waals surface area contributed by atoms with Crippen LogP contribution in [0.15, 0.2) is 46.7 Å². The van der Waals surface area contributed by atoms with Gasteiger partial charge in [-0.05, 0) is 42.1 Å². The van der Waals surface area contributed by atoms with Crippen molar-refractivity contribution in [2.75, 3.05) is 18.8 Å². The van der Waals surface area contributed by atoms with Gasteiger partial charge in [0.25, 0.3) is 5.91 Å². The van der Waals surface area contributed by atoms with Crippen LogP contribution in [0, 0.1) is 0 Å². The van der Waals surface area contributed by atoms with Crippen molar-refractivity contribution >= 4 is 46.5 Å². The van der Waals surface area contributed by atoms with Gasteiger partial charge in [0.05, 0.1) is 4.88 Å². The predicted molar refractivity (Wildman–Crippen MR) is 101 cm³/mol. The average Bonchev–Trinajstić information content (AvgIpc) is 3.12. The van der Waals surface area contributed by atoms with E-state index in [1.165, 1.54) is 11.3 Å². The second kappa shape index (κ2) is 10.4. The van der Waals surface area contributed by atoms with Crippen molar-refractivity contribution in [3.05, 3.63) is 51.7 Å². The molecule has 0 aliphatic carbocycles. The first-order valence-corrected chi connectivity index (χ1v) is 9.86. The van der Waals surface area contributed by atoms with Crippen LogP contribution < -0.4 is 10.6 Å². The molecule has 0 atom stereocenters. The van der Waals surface area contributed by atoms with Crippen LogP contribution in [0.3, 0.4) is 0 Å². The van der Waals surface area contributed by atoms with Crippen LogP contribution in [0.1, 0.15) is 22.5 Å². The normalized spacial score (nSPS) is 10.4. The fraction of sp³-hybridized carbons (Fsp3) is 0.294. The minimum atomic E-state index is -0.0789. The van der Waals surface area contributed by atoms with Crippen molar-refractivity contribution in [2.24, 2.45) is 0 Å². The van der Waals surface area contributed by atoms with Crippen LogP contribution in [0.25, 0.3) is 0 Å². The molecule has 1 heterocycles. The molecule has 0 saturated heterocycles. The standard InChI is InChI=1S/C17H19ClN2O2S2/c18-13-5-7-14(8-6-13)23-12-10-19-16(21)4-1-9-20-17(22)15-3-2-11-24-15/h2-3,5-8,11H,1,4,9-10,12H2,(H,19,21)(H,20,22). The molecule has 4 nitrogen and oxygen atoms in total. The van der Waals surface area contributed by atoms with E-state index in [9.17, 15) is 9.59 Å². The summed E-state index contributed by atoms with van der Waals surface area (Å²) >= 11 is 8.91. The highest BCUT2D eigenvalue weighted by Gasteiger charge is 2.06. The Bertz CT molecular complexity index is 645. The number of benzene rings is 1. The van der Waals surface area contributed by atoms with E-state index < -0.39 is 0 Å². The molecule has 1 aromatic heterocycles. The van der Waals surface area contributed by atoms with E-state index in [1.54, 1.807) is 17.8 Å². The van der Waals surface area contributed by atoms with Gasteiger partial charge in [0, 0.05) is 35.2 Å². The lowest BCUT2D eigenvalue weighted by Gasteiger charge is -2.06. The quantitative estimate of drug-likeness (QED) is 0.512. The molecule has 2 rings (SSSR count). The van der Waals surface area contributed by atoms with Crippen LogP contribution in [-0.4, -0.2) is 30.7 Å². The summed E-state index contributed by atoms with van der Waals surface area (Å²) in [4.78, 5) is 25.3. The summed E-state index contributed by atoms with van der Waals surface area (Å²) in [7, 11) is 0. The predicted octanol–water partition coefficient (Wildman–Crippen LogP) is 3.82. The molecule has 0 saturated carbocycles. The van der Waals surface area contributed by atoms with Crippen LogP contribution in [0.5, 0.6) is 0 Å². The number of carbonyl (C=O) groups is 2. The number of thiophene rings is 1. The fourth-order valence-electron chi connectivity index (χ4n) is 1.92. The molecular weight excluding hydrogens is 364 g/mol. The third-order valence-electron chi connectivity index (χ3n) is 3.12. The zero-order valence-corrected chi connectivity index (χ0v) is 15.5. The van der Waals surface area contributed by atoms with Crippen LogP contribution in [-0.2, 0) is 4.79 Å². The Morgan fingerprint density at radius 3 is 2.58 bits per heavy atom. The highest BCUT2D eigenvalue weighted by molar-refractivity contribution is 7.99. The van der Waals surface area contributed by atoms with E-state index >= 15 is 0 Å². The van der Waals surface area contributed by atoms with Gasteiger partial charge >= 0.3 is 0 Å². The third-order valence-corrected chi connectivity index (χ3v) is 5.25. The summed E-state index contributed by atoms with van der Waals surface area (Å²) in [5, 5.41) is 8.28. The molecule has 0 radical (unpaired) electrons. The topological polar surface area (TPSA) is 58.2 Å². The largest absolute Gasteiger partial charge is 0.355 e. The van der Waals surface area contributed by atoms with Crippen molar-refractivity contribution in [2.45, 2.75) is 17.7 Å². The van der Waals surface area contributed by atoms with Crippen LogP contribution in [0.4, 0.5) is 0 Å². The molecule has 2 N–H and O–H groups in total. The van der Waals surface area contributed by atoms with Crippen LogP contribution in [0.2, 0.25) is 5.02 Å². The van der Waals surface area contributed by atoms with Gasteiger partial charge in [-0.3, -0.25) is 9.59 Å². The van der Waals surface area contributed by atoms with E-state index in [1.807, 2.05) is 35.7 Å². The Labute approximate surface area is 155 Å². The lowest BCUT2D eigenvalue weighted by Crippen LogP contribution is -2.28. The zero-order valence-electron chi connectivity index (χ0n) is 13.1. The molecule has 24 heavy (non-hydrogen) atoms. The maximum absolute atomic E-state index is 11.7.